The molecule has 3 heterocycles. The largest absolute Gasteiger partial charge is 0.383 e. The number of rotatable bonds is 5. The molecule has 0 saturated carbocycles. The van der Waals surface area contributed by atoms with E-state index in [1.165, 1.54) is 9.13 Å². The van der Waals surface area contributed by atoms with Crippen LogP contribution in [0.1, 0.15) is 32.0 Å². The summed E-state index contributed by atoms with van der Waals surface area (Å²) in [5, 5.41) is 0. The lowest BCUT2D eigenvalue weighted by molar-refractivity contribution is 0.184. The maximum absolute atomic E-state index is 12.9. The number of hydrogen-bond acceptors (Lipinski definition) is 4. The third-order valence-electron chi connectivity index (χ3n) is 4.62. The van der Waals surface area contributed by atoms with E-state index in [2.05, 4.69) is 23.4 Å². The average molecular weight is 333 g/mol. The fourth-order valence-electron chi connectivity index (χ4n) is 3.13. The average Bonchev–Trinajstić information content (AvgIpc) is 3.06. The van der Waals surface area contributed by atoms with Gasteiger partial charge in [-0.05, 0) is 20.3 Å². The lowest BCUT2D eigenvalue weighted by atomic mass is 10.2. The van der Waals surface area contributed by atoms with E-state index >= 15 is 0 Å². The molecule has 0 N–H and O–H groups in total. The van der Waals surface area contributed by atoms with Gasteiger partial charge in [0, 0.05) is 32.1 Å². The van der Waals surface area contributed by atoms with Crippen LogP contribution in [0.5, 0.6) is 0 Å². The van der Waals surface area contributed by atoms with Crippen molar-refractivity contribution in [2.75, 3.05) is 13.7 Å². The minimum Gasteiger partial charge on any atom is -0.383 e. The van der Waals surface area contributed by atoms with Crippen LogP contribution in [0, 0.1) is 6.92 Å². The molecule has 0 aliphatic heterocycles. The summed E-state index contributed by atoms with van der Waals surface area (Å²) in [7, 11) is 3.18. The summed E-state index contributed by atoms with van der Waals surface area (Å²) < 4.78 is 11.5. The van der Waals surface area contributed by atoms with Crippen LogP contribution < -0.4 is 11.2 Å². The summed E-state index contributed by atoms with van der Waals surface area (Å²) in [5.41, 5.74) is 1.15. The second-order valence-corrected chi connectivity index (χ2v) is 6.14. The Labute approximate surface area is 138 Å². The molecule has 3 rings (SSSR count). The maximum atomic E-state index is 12.9. The van der Waals surface area contributed by atoms with Crippen LogP contribution in [0.3, 0.4) is 0 Å². The Kier molecular flexibility index (Phi) is 4.08. The number of aryl methyl sites for hydroxylation is 2. The summed E-state index contributed by atoms with van der Waals surface area (Å²) in [6.45, 7) is 6.74. The Balaban J connectivity index is 2.42. The molecule has 1 atom stereocenters. The van der Waals surface area contributed by atoms with Gasteiger partial charge >= 0.3 is 5.69 Å². The molecule has 8 nitrogen and oxygen atoms in total. The standard InChI is InChI=1S/C16H23N5O3/c1-6-10(2)21-11(3)9-20-12-13(17-15(20)21)18(4)16(23)19(14(12)22)7-8-24-5/h9-10H,6-8H2,1-5H3/t10-/m1/s1. The molecule has 0 aliphatic carbocycles. The topological polar surface area (TPSA) is 75.5 Å². The van der Waals surface area contributed by atoms with Crippen LogP contribution in [0.2, 0.25) is 0 Å². The highest BCUT2D eigenvalue weighted by Gasteiger charge is 2.21. The number of methoxy groups -OCH3 is 1. The molecular weight excluding hydrogens is 310 g/mol. The van der Waals surface area contributed by atoms with Gasteiger partial charge in [0.1, 0.15) is 0 Å². The Morgan fingerprint density at radius 2 is 2.04 bits per heavy atom. The third-order valence-corrected chi connectivity index (χ3v) is 4.62. The van der Waals surface area contributed by atoms with Crippen LogP contribution >= 0.6 is 0 Å². The van der Waals surface area contributed by atoms with Gasteiger partial charge in [0.25, 0.3) is 5.56 Å². The lowest BCUT2D eigenvalue weighted by Gasteiger charge is -2.12. The first kappa shape index (κ1) is 16.5. The second-order valence-electron chi connectivity index (χ2n) is 6.14. The number of nitrogens with zero attached hydrogens (tertiary/aromatic N) is 5. The zero-order chi connectivity index (χ0) is 17.6. The van der Waals surface area contributed by atoms with E-state index in [-0.39, 0.29) is 23.8 Å². The zero-order valence-corrected chi connectivity index (χ0v) is 14.7. The lowest BCUT2D eigenvalue weighted by Crippen LogP contribution is -2.40. The summed E-state index contributed by atoms with van der Waals surface area (Å²) >= 11 is 0. The maximum Gasteiger partial charge on any atom is 0.332 e. The predicted molar refractivity (Wildman–Crippen MR) is 91.8 cm³/mol. The first-order chi connectivity index (χ1) is 11.4. The van der Waals surface area contributed by atoms with Gasteiger partial charge in [-0.1, -0.05) is 6.92 Å². The van der Waals surface area contributed by atoms with Crippen molar-refractivity contribution in [1.29, 1.82) is 0 Å². The zero-order valence-electron chi connectivity index (χ0n) is 14.7. The minimum absolute atomic E-state index is 0.218. The van der Waals surface area contributed by atoms with Crippen LogP contribution in [-0.2, 0) is 18.3 Å². The van der Waals surface area contributed by atoms with Crippen LogP contribution in [0.25, 0.3) is 16.9 Å². The first-order valence-electron chi connectivity index (χ1n) is 8.10. The second kappa shape index (κ2) is 5.94. The monoisotopic (exact) mass is 333 g/mol. The molecule has 0 aliphatic rings. The summed E-state index contributed by atoms with van der Waals surface area (Å²) in [5.74, 6) is 0.688. The number of ether oxygens (including phenoxy) is 1. The predicted octanol–water partition coefficient (Wildman–Crippen LogP) is 1.08. The van der Waals surface area contributed by atoms with E-state index in [1.54, 1.807) is 18.6 Å². The van der Waals surface area contributed by atoms with Gasteiger partial charge in [0.05, 0.1) is 13.2 Å². The van der Waals surface area contributed by atoms with E-state index < -0.39 is 0 Å². The Morgan fingerprint density at radius 1 is 1.33 bits per heavy atom. The van der Waals surface area contributed by atoms with E-state index in [0.717, 1.165) is 12.1 Å². The van der Waals surface area contributed by atoms with Gasteiger partial charge < -0.3 is 9.30 Å². The van der Waals surface area contributed by atoms with Gasteiger partial charge in [-0.2, -0.15) is 4.98 Å². The fourth-order valence-corrected chi connectivity index (χ4v) is 3.13. The van der Waals surface area contributed by atoms with E-state index in [1.807, 2.05) is 13.1 Å². The highest BCUT2D eigenvalue weighted by molar-refractivity contribution is 5.75. The van der Waals surface area contributed by atoms with Crippen molar-refractivity contribution in [3.8, 4) is 0 Å². The molecule has 24 heavy (non-hydrogen) atoms. The Morgan fingerprint density at radius 3 is 2.67 bits per heavy atom. The van der Waals surface area contributed by atoms with Gasteiger partial charge in [0.15, 0.2) is 11.2 Å². The minimum atomic E-state index is -0.378. The molecule has 0 aromatic carbocycles. The van der Waals surface area contributed by atoms with Crippen LogP contribution in [0.15, 0.2) is 15.8 Å². The van der Waals surface area contributed by atoms with Gasteiger partial charge in [-0.25, -0.2) is 4.79 Å². The van der Waals surface area contributed by atoms with E-state index in [0.29, 0.717) is 23.5 Å². The van der Waals surface area contributed by atoms with E-state index in [4.69, 9.17) is 4.74 Å². The summed E-state index contributed by atoms with van der Waals surface area (Å²) in [6.07, 6.45) is 2.86. The van der Waals surface area contributed by atoms with Crippen molar-refractivity contribution >= 4 is 16.9 Å². The number of fused-ring (bicyclic) bond motifs is 3. The molecule has 3 aromatic heterocycles. The summed E-state index contributed by atoms with van der Waals surface area (Å²) in [4.78, 5) is 29.9. The van der Waals surface area contributed by atoms with E-state index in [9.17, 15) is 9.59 Å². The van der Waals surface area contributed by atoms with Crippen molar-refractivity contribution < 1.29 is 4.74 Å². The smallest absolute Gasteiger partial charge is 0.332 e. The number of imidazole rings is 2. The normalized spacial score (nSPS) is 13.2. The molecule has 3 aromatic rings. The van der Waals surface area contributed by atoms with Gasteiger partial charge in [-0.3, -0.25) is 18.3 Å². The highest BCUT2D eigenvalue weighted by atomic mass is 16.5. The SMILES string of the molecule is CC[C@@H](C)n1c(C)cn2c3c(=O)n(CCOC)c(=O)n(C)c3nc12. The molecule has 0 radical (unpaired) electrons. The van der Waals surface area contributed by atoms with Gasteiger partial charge in [0.2, 0.25) is 5.78 Å². The molecular formula is C16H23N5O3. The van der Waals surface area contributed by atoms with Crippen LogP contribution in [0.4, 0.5) is 0 Å². The Bertz CT molecular complexity index is 1020. The third kappa shape index (κ3) is 2.21. The molecule has 0 unspecified atom stereocenters. The van der Waals surface area contributed by atoms with Crippen molar-refractivity contribution in [2.24, 2.45) is 7.05 Å². The fraction of sp³-hybridized carbons (Fsp3) is 0.562. The van der Waals surface area contributed by atoms with Crippen molar-refractivity contribution in [2.45, 2.75) is 39.8 Å². The molecule has 0 spiro atoms. The summed E-state index contributed by atoms with van der Waals surface area (Å²) in [6, 6.07) is 0.257. The Hall–Kier alpha value is -2.35. The highest BCUT2D eigenvalue weighted by Crippen LogP contribution is 2.21. The molecule has 0 amide bonds. The van der Waals surface area contributed by atoms with Crippen LogP contribution in [-0.4, -0.2) is 36.8 Å². The molecule has 0 bridgehead atoms. The molecule has 8 heteroatoms. The van der Waals surface area contributed by atoms with Crippen molar-refractivity contribution in [3.05, 3.63) is 32.7 Å². The molecule has 130 valence electrons. The van der Waals surface area contributed by atoms with Crippen molar-refractivity contribution in [1.82, 2.24) is 23.1 Å². The van der Waals surface area contributed by atoms with Crippen molar-refractivity contribution in [3.63, 3.8) is 0 Å². The quantitative estimate of drug-likeness (QED) is 0.700. The molecule has 0 fully saturated rings. The number of aromatic nitrogens is 5. The van der Waals surface area contributed by atoms with Gasteiger partial charge in [-0.15, -0.1) is 0 Å². The number of hydrogen-bond donors (Lipinski definition) is 0. The molecule has 0 saturated heterocycles. The first-order valence-corrected chi connectivity index (χ1v) is 8.10.